The third-order valence-electron chi connectivity index (χ3n) is 6.61. The predicted molar refractivity (Wildman–Crippen MR) is 155 cm³/mol. The van der Waals surface area contributed by atoms with E-state index in [2.05, 4.69) is 20.6 Å². The number of methoxy groups -OCH3 is 1. The van der Waals surface area contributed by atoms with Gasteiger partial charge in [-0.15, -0.1) is 0 Å². The first-order valence-electron chi connectivity index (χ1n) is 12.9. The Bertz CT molecular complexity index is 1410. The zero-order valence-electron chi connectivity index (χ0n) is 21.8. The molecule has 2 aromatic carbocycles. The van der Waals surface area contributed by atoms with E-state index in [4.69, 9.17) is 33.7 Å². The predicted octanol–water partition coefficient (Wildman–Crippen LogP) is 3.47. The number of anilines is 1. The number of aliphatic imine (C=N–C) groups is 1. The number of benzene rings is 2. The third kappa shape index (κ3) is 7.77. The minimum atomic E-state index is -0.679. The summed E-state index contributed by atoms with van der Waals surface area (Å²) in [6, 6.07) is 12.6. The molecule has 0 amide bonds. The summed E-state index contributed by atoms with van der Waals surface area (Å²) in [7, 11) is 1.59. The lowest BCUT2D eigenvalue weighted by molar-refractivity contribution is 0.412. The maximum Gasteiger partial charge on any atom is 0.355 e. The molecule has 12 heteroatoms. The van der Waals surface area contributed by atoms with Crippen molar-refractivity contribution < 1.29 is 4.74 Å². The molecule has 4 N–H and O–H groups in total. The van der Waals surface area contributed by atoms with Crippen molar-refractivity contribution in [1.29, 1.82) is 0 Å². The molecular formula is C27H33Cl2N7O3. The topological polar surface area (TPSA) is 129 Å². The van der Waals surface area contributed by atoms with Crippen LogP contribution in [0, 0.1) is 0 Å². The highest BCUT2D eigenvalue weighted by atomic mass is 35.5. The Hall–Kier alpha value is -3.50. The molecule has 1 aliphatic rings. The maximum absolute atomic E-state index is 13.6. The summed E-state index contributed by atoms with van der Waals surface area (Å²) in [6.07, 6.45) is 5.83. The molecule has 1 aliphatic carbocycles. The second kappa shape index (κ2) is 13.5. The number of guanidine groups is 1. The fraction of sp³-hybridized carbons (Fsp3) is 0.407. The minimum absolute atomic E-state index is 0.00187. The summed E-state index contributed by atoms with van der Waals surface area (Å²) in [6.45, 7) is 0.862. The molecule has 0 saturated heterocycles. The molecule has 1 aromatic heterocycles. The van der Waals surface area contributed by atoms with Crippen LogP contribution in [0.2, 0.25) is 10.0 Å². The summed E-state index contributed by atoms with van der Waals surface area (Å²) >= 11 is 12.1. The van der Waals surface area contributed by atoms with Gasteiger partial charge in [-0.1, -0.05) is 60.7 Å². The summed E-state index contributed by atoms with van der Waals surface area (Å²) in [4.78, 5) is 35.1. The molecule has 10 nitrogen and oxygen atoms in total. The minimum Gasteiger partial charge on any atom is -0.497 e. The van der Waals surface area contributed by atoms with Gasteiger partial charge in [0.15, 0.2) is 5.96 Å². The Morgan fingerprint density at radius 1 is 1.03 bits per heavy atom. The largest absolute Gasteiger partial charge is 0.497 e. The van der Waals surface area contributed by atoms with E-state index in [1.165, 1.54) is 23.8 Å². The van der Waals surface area contributed by atoms with E-state index >= 15 is 0 Å². The van der Waals surface area contributed by atoms with Crippen molar-refractivity contribution in [2.75, 3.05) is 25.5 Å². The molecule has 0 unspecified atom stereocenters. The molecule has 0 radical (unpaired) electrons. The van der Waals surface area contributed by atoms with Crippen LogP contribution in [0.3, 0.4) is 0 Å². The standard InChI is InChI=1S/C27H33Cl2N7O3/c1-39-21-10-7-18(8-11-21)16-35-25(32-14-13-31-24(30)33-20-5-3-2-4-6-20)34-26(37)36(27(35)38)17-19-9-12-22(28)23(29)15-19/h7-12,15,20H,2-6,13-14,16-17H2,1H3,(H3,30,31,33)(H,32,34,37). The highest BCUT2D eigenvalue weighted by Gasteiger charge is 2.16. The quantitative estimate of drug-likeness (QED) is 0.192. The fourth-order valence-corrected chi connectivity index (χ4v) is 4.84. The van der Waals surface area contributed by atoms with Crippen molar-refractivity contribution in [1.82, 2.24) is 19.4 Å². The maximum atomic E-state index is 13.6. The van der Waals surface area contributed by atoms with E-state index in [1.54, 1.807) is 25.3 Å². The number of nitrogens with one attached hydrogen (secondary N) is 2. The Morgan fingerprint density at radius 2 is 1.72 bits per heavy atom. The highest BCUT2D eigenvalue weighted by Crippen LogP contribution is 2.23. The van der Waals surface area contributed by atoms with Crippen LogP contribution in [-0.2, 0) is 13.1 Å². The first-order valence-corrected chi connectivity index (χ1v) is 13.7. The van der Waals surface area contributed by atoms with E-state index in [0.717, 1.165) is 23.0 Å². The first-order chi connectivity index (χ1) is 18.8. The van der Waals surface area contributed by atoms with Gasteiger partial charge in [0.1, 0.15) is 5.75 Å². The van der Waals surface area contributed by atoms with Gasteiger partial charge in [0.05, 0.1) is 36.8 Å². The Kier molecular flexibility index (Phi) is 9.89. The molecule has 3 aromatic rings. The van der Waals surface area contributed by atoms with Crippen molar-refractivity contribution in [3.63, 3.8) is 0 Å². The van der Waals surface area contributed by atoms with Gasteiger partial charge < -0.3 is 21.1 Å². The Balaban J connectivity index is 1.55. The number of ether oxygens (including phenoxy) is 1. The average Bonchev–Trinajstić information content (AvgIpc) is 2.94. The summed E-state index contributed by atoms with van der Waals surface area (Å²) in [5.74, 6) is 1.24. The van der Waals surface area contributed by atoms with Gasteiger partial charge >= 0.3 is 11.4 Å². The number of hydrogen-bond acceptors (Lipinski definition) is 6. The molecule has 39 heavy (non-hydrogen) atoms. The van der Waals surface area contributed by atoms with E-state index in [9.17, 15) is 9.59 Å². The second-order valence-corrected chi connectivity index (χ2v) is 10.3. The van der Waals surface area contributed by atoms with Gasteiger partial charge in [0.2, 0.25) is 5.95 Å². The second-order valence-electron chi connectivity index (χ2n) is 9.44. The van der Waals surface area contributed by atoms with Crippen molar-refractivity contribution in [3.05, 3.63) is 84.6 Å². The van der Waals surface area contributed by atoms with Crippen LogP contribution in [-0.4, -0.2) is 46.3 Å². The third-order valence-corrected chi connectivity index (χ3v) is 7.35. The lowest BCUT2D eigenvalue weighted by Crippen LogP contribution is -2.43. The zero-order valence-corrected chi connectivity index (χ0v) is 23.3. The summed E-state index contributed by atoms with van der Waals surface area (Å²) in [5, 5.41) is 7.09. The normalized spacial score (nSPS) is 14.3. The van der Waals surface area contributed by atoms with Crippen LogP contribution in [0.25, 0.3) is 0 Å². The fourth-order valence-electron chi connectivity index (χ4n) is 4.52. The molecule has 0 aliphatic heterocycles. The number of rotatable bonds is 10. The summed E-state index contributed by atoms with van der Waals surface area (Å²) < 4.78 is 7.72. The van der Waals surface area contributed by atoms with Crippen molar-refractivity contribution in [2.45, 2.75) is 51.2 Å². The van der Waals surface area contributed by atoms with Crippen LogP contribution in [0.4, 0.5) is 5.95 Å². The van der Waals surface area contributed by atoms with Crippen LogP contribution in [0.15, 0.2) is 57.0 Å². The van der Waals surface area contributed by atoms with Gasteiger partial charge in [0, 0.05) is 12.6 Å². The number of hydrogen-bond donors (Lipinski definition) is 3. The molecular weight excluding hydrogens is 541 g/mol. The van der Waals surface area contributed by atoms with Crippen LogP contribution in [0.5, 0.6) is 5.75 Å². The lowest BCUT2D eigenvalue weighted by Gasteiger charge is -2.23. The van der Waals surface area contributed by atoms with Crippen molar-refractivity contribution in [2.24, 2.45) is 10.7 Å². The lowest BCUT2D eigenvalue weighted by atomic mass is 9.96. The van der Waals surface area contributed by atoms with Crippen LogP contribution in [0.1, 0.15) is 43.2 Å². The molecule has 1 heterocycles. The molecule has 208 valence electrons. The Morgan fingerprint density at radius 3 is 2.41 bits per heavy atom. The molecule has 0 atom stereocenters. The van der Waals surface area contributed by atoms with Crippen molar-refractivity contribution in [3.8, 4) is 5.75 Å². The Labute approximate surface area is 236 Å². The molecule has 0 spiro atoms. The van der Waals surface area contributed by atoms with Gasteiger partial charge in [-0.2, -0.15) is 4.98 Å². The molecule has 1 fully saturated rings. The monoisotopic (exact) mass is 573 g/mol. The molecule has 0 bridgehead atoms. The van der Waals surface area contributed by atoms with E-state index in [-0.39, 0.29) is 19.0 Å². The molecule has 1 saturated carbocycles. The zero-order chi connectivity index (χ0) is 27.8. The molecule has 4 rings (SSSR count). The van der Waals surface area contributed by atoms with E-state index in [0.29, 0.717) is 46.4 Å². The first kappa shape index (κ1) is 28.5. The summed E-state index contributed by atoms with van der Waals surface area (Å²) in [5.41, 5.74) is 6.35. The number of nitrogens with two attached hydrogens (primary N) is 1. The van der Waals surface area contributed by atoms with E-state index < -0.39 is 11.4 Å². The number of halogens is 2. The number of nitrogens with zero attached hydrogens (tertiary/aromatic N) is 4. The van der Waals surface area contributed by atoms with Gasteiger partial charge in [-0.05, 0) is 48.2 Å². The smallest absolute Gasteiger partial charge is 0.355 e. The van der Waals surface area contributed by atoms with Gasteiger partial charge in [-0.25, -0.2) is 14.2 Å². The van der Waals surface area contributed by atoms with Gasteiger partial charge in [0.25, 0.3) is 0 Å². The van der Waals surface area contributed by atoms with Gasteiger partial charge in [-0.3, -0.25) is 9.56 Å². The van der Waals surface area contributed by atoms with Crippen molar-refractivity contribution >= 4 is 35.1 Å². The van der Waals surface area contributed by atoms with Crippen LogP contribution >= 0.6 is 23.2 Å². The van der Waals surface area contributed by atoms with Crippen LogP contribution < -0.4 is 32.5 Å². The SMILES string of the molecule is COc1ccc(Cn2c(NCCN=C(N)NC3CCCCC3)nc(=O)n(Cc3ccc(Cl)c(Cl)c3)c2=O)cc1. The number of aromatic nitrogens is 3. The average molecular weight is 575 g/mol. The van der Waals surface area contributed by atoms with E-state index in [1.807, 2.05) is 24.3 Å². The highest BCUT2D eigenvalue weighted by molar-refractivity contribution is 6.42.